The van der Waals surface area contributed by atoms with Crippen molar-refractivity contribution >= 4 is 5.91 Å². The Labute approximate surface area is 133 Å². The monoisotopic (exact) mass is 315 g/mol. The molecular weight excluding hydrogens is 298 g/mol. The molecule has 0 N–H and O–H groups in total. The molecule has 1 unspecified atom stereocenters. The molecule has 23 heavy (non-hydrogen) atoms. The molecule has 0 aliphatic carbocycles. The third kappa shape index (κ3) is 2.62. The Bertz CT molecular complexity index is 743. The summed E-state index contributed by atoms with van der Waals surface area (Å²) >= 11 is 0. The highest BCUT2D eigenvalue weighted by atomic mass is 16.7. The van der Waals surface area contributed by atoms with Gasteiger partial charge in [0.2, 0.25) is 12.7 Å². The Morgan fingerprint density at radius 3 is 3.00 bits per heavy atom. The van der Waals surface area contributed by atoms with Crippen molar-refractivity contribution in [2.45, 2.75) is 25.7 Å². The number of carbonyl (C=O) groups is 1. The van der Waals surface area contributed by atoms with Gasteiger partial charge in [-0.3, -0.25) is 4.79 Å². The summed E-state index contributed by atoms with van der Waals surface area (Å²) in [6.07, 6.45) is 1.87. The molecule has 2 aliphatic heterocycles. The van der Waals surface area contributed by atoms with E-state index in [2.05, 4.69) is 10.1 Å². The number of aryl methyl sites for hydroxylation is 1. The number of aromatic nitrogens is 2. The van der Waals surface area contributed by atoms with Crippen molar-refractivity contribution in [2.75, 3.05) is 19.9 Å². The summed E-state index contributed by atoms with van der Waals surface area (Å²) < 4.78 is 15.9. The second-order valence-corrected chi connectivity index (χ2v) is 5.84. The highest BCUT2D eigenvalue weighted by Gasteiger charge is 2.29. The quantitative estimate of drug-likeness (QED) is 0.845. The summed E-state index contributed by atoms with van der Waals surface area (Å²) in [6, 6.07) is 5.29. The van der Waals surface area contributed by atoms with E-state index in [-0.39, 0.29) is 18.6 Å². The standard InChI is InChI=1S/C16H17N3O4/c1-10-17-15(23-18-10)12-3-2-6-19(8-12)16(20)11-4-5-13-14(7-11)22-9-21-13/h4-5,7,12H,2-3,6,8-9H2,1H3. The van der Waals surface area contributed by atoms with E-state index in [1.807, 2.05) is 4.90 Å². The molecule has 1 atom stereocenters. The zero-order valence-electron chi connectivity index (χ0n) is 12.8. The van der Waals surface area contributed by atoms with Gasteiger partial charge in [-0.1, -0.05) is 5.16 Å². The van der Waals surface area contributed by atoms with Crippen LogP contribution in [0.3, 0.4) is 0 Å². The van der Waals surface area contributed by atoms with Crippen LogP contribution in [0.1, 0.15) is 40.8 Å². The van der Waals surface area contributed by atoms with Gasteiger partial charge in [-0.25, -0.2) is 0 Å². The molecule has 1 aromatic carbocycles. The molecule has 120 valence electrons. The smallest absolute Gasteiger partial charge is 0.254 e. The van der Waals surface area contributed by atoms with E-state index in [1.165, 1.54) is 0 Å². The molecule has 0 spiro atoms. The summed E-state index contributed by atoms with van der Waals surface area (Å²) in [5, 5.41) is 3.84. The number of likely N-dealkylation sites (tertiary alicyclic amines) is 1. The molecule has 0 radical (unpaired) electrons. The lowest BCUT2D eigenvalue weighted by molar-refractivity contribution is 0.0695. The van der Waals surface area contributed by atoms with Crippen molar-refractivity contribution in [3.8, 4) is 11.5 Å². The van der Waals surface area contributed by atoms with Gasteiger partial charge in [-0.2, -0.15) is 4.98 Å². The highest BCUT2D eigenvalue weighted by Crippen LogP contribution is 2.33. The van der Waals surface area contributed by atoms with Gasteiger partial charge in [0.25, 0.3) is 5.91 Å². The number of amides is 1. The third-order valence-corrected chi connectivity index (χ3v) is 4.22. The lowest BCUT2D eigenvalue weighted by Gasteiger charge is -2.31. The lowest BCUT2D eigenvalue weighted by Crippen LogP contribution is -2.39. The van der Waals surface area contributed by atoms with Crippen LogP contribution in [0.5, 0.6) is 11.5 Å². The van der Waals surface area contributed by atoms with Crippen LogP contribution in [0, 0.1) is 6.92 Å². The molecular formula is C16H17N3O4. The first-order valence-corrected chi connectivity index (χ1v) is 7.70. The molecule has 2 aromatic rings. The minimum Gasteiger partial charge on any atom is -0.454 e. The van der Waals surface area contributed by atoms with Crippen molar-refractivity contribution < 1.29 is 18.8 Å². The van der Waals surface area contributed by atoms with E-state index >= 15 is 0 Å². The van der Waals surface area contributed by atoms with E-state index in [9.17, 15) is 4.79 Å². The molecule has 2 aliphatic rings. The Morgan fingerprint density at radius 1 is 1.30 bits per heavy atom. The molecule has 0 bridgehead atoms. The molecule has 7 nitrogen and oxygen atoms in total. The number of fused-ring (bicyclic) bond motifs is 1. The fraction of sp³-hybridized carbons (Fsp3) is 0.438. The van der Waals surface area contributed by atoms with Crippen LogP contribution in [-0.4, -0.2) is 40.8 Å². The summed E-state index contributed by atoms with van der Waals surface area (Å²) in [5.41, 5.74) is 0.608. The Morgan fingerprint density at radius 2 is 2.17 bits per heavy atom. The van der Waals surface area contributed by atoms with Crippen LogP contribution in [0.15, 0.2) is 22.7 Å². The highest BCUT2D eigenvalue weighted by molar-refractivity contribution is 5.95. The number of carbonyl (C=O) groups excluding carboxylic acids is 1. The van der Waals surface area contributed by atoms with Crippen LogP contribution in [-0.2, 0) is 0 Å². The van der Waals surface area contributed by atoms with Gasteiger partial charge in [0.1, 0.15) is 0 Å². The van der Waals surface area contributed by atoms with Crippen LogP contribution >= 0.6 is 0 Å². The molecule has 1 aromatic heterocycles. The van der Waals surface area contributed by atoms with Crippen molar-refractivity contribution in [3.63, 3.8) is 0 Å². The average Bonchev–Trinajstić information content (AvgIpc) is 3.22. The molecule has 1 amide bonds. The molecule has 1 saturated heterocycles. The van der Waals surface area contributed by atoms with Crippen molar-refractivity contribution in [1.82, 2.24) is 15.0 Å². The van der Waals surface area contributed by atoms with E-state index in [4.69, 9.17) is 14.0 Å². The molecule has 7 heteroatoms. The number of piperidine rings is 1. The van der Waals surface area contributed by atoms with Crippen molar-refractivity contribution in [2.24, 2.45) is 0 Å². The summed E-state index contributed by atoms with van der Waals surface area (Å²) in [4.78, 5) is 18.9. The number of hydrogen-bond acceptors (Lipinski definition) is 6. The van der Waals surface area contributed by atoms with Crippen LogP contribution < -0.4 is 9.47 Å². The first-order chi connectivity index (χ1) is 11.2. The fourth-order valence-electron chi connectivity index (χ4n) is 3.05. The first kappa shape index (κ1) is 14.0. The topological polar surface area (TPSA) is 77.7 Å². The number of ether oxygens (including phenoxy) is 2. The average molecular weight is 315 g/mol. The van der Waals surface area contributed by atoms with Crippen LogP contribution in [0.2, 0.25) is 0 Å². The zero-order chi connectivity index (χ0) is 15.8. The van der Waals surface area contributed by atoms with Gasteiger partial charge in [-0.15, -0.1) is 0 Å². The van der Waals surface area contributed by atoms with Gasteiger partial charge in [0.05, 0.1) is 5.92 Å². The minimum atomic E-state index is -0.00997. The van der Waals surface area contributed by atoms with E-state index in [0.717, 1.165) is 19.4 Å². The number of rotatable bonds is 2. The maximum absolute atomic E-state index is 12.7. The second-order valence-electron chi connectivity index (χ2n) is 5.84. The Kier molecular flexibility index (Phi) is 3.40. The van der Waals surface area contributed by atoms with Gasteiger partial charge in [0, 0.05) is 18.7 Å². The first-order valence-electron chi connectivity index (χ1n) is 7.70. The maximum Gasteiger partial charge on any atom is 0.254 e. The normalized spacial score (nSPS) is 19.9. The minimum absolute atomic E-state index is 0.00997. The van der Waals surface area contributed by atoms with Gasteiger partial charge in [0.15, 0.2) is 17.3 Å². The van der Waals surface area contributed by atoms with E-state index in [0.29, 0.717) is 35.3 Å². The van der Waals surface area contributed by atoms with Crippen molar-refractivity contribution in [3.05, 3.63) is 35.5 Å². The molecule has 4 rings (SSSR count). The lowest BCUT2D eigenvalue weighted by atomic mass is 9.97. The van der Waals surface area contributed by atoms with Crippen LogP contribution in [0.4, 0.5) is 0 Å². The van der Waals surface area contributed by atoms with Gasteiger partial charge >= 0.3 is 0 Å². The fourth-order valence-corrected chi connectivity index (χ4v) is 3.05. The summed E-state index contributed by atoms with van der Waals surface area (Å²) in [7, 11) is 0. The molecule has 0 saturated carbocycles. The zero-order valence-corrected chi connectivity index (χ0v) is 12.8. The predicted molar refractivity (Wildman–Crippen MR) is 79.5 cm³/mol. The third-order valence-electron chi connectivity index (χ3n) is 4.22. The Hall–Kier alpha value is -2.57. The Balaban J connectivity index is 1.51. The number of hydrogen-bond donors (Lipinski definition) is 0. The SMILES string of the molecule is Cc1noc(C2CCCN(C(=O)c3ccc4c(c3)OCO4)C2)n1. The summed E-state index contributed by atoms with van der Waals surface area (Å²) in [6.45, 7) is 3.33. The molecule has 1 fully saturated rings. The largest absolute Gasteiger partial charge is 0.454 e. The van der Waals surface area contributed by atoms with E-state index < -0.39 is 0 Å². The van der Waals surface area contributed by atoms with Gasteiger partial charge < -0.3 is 18.9 Å². The predicted octanol–water partition coefficient (Wildman–Crippen LogP) is 2.13. The second kappa shape index (κ2) is 5.57. The van der Waals surface area contributed by atoms with Crippen LogP contribution in [0.25, 0.3) is 0 Å². The van der Waals surface area contributed by atoms with E-state index in [1.54, 1.807) is 25.1 Å². The maximum atomic E-state index is 12.7. The van der Waals surface area contributed by atoms with Gasteiger partial charge in [-0.05, 0) is 38.0 Å². The molecule has 3 heterocycles. The number of nitrogens with zero attached hydrogens (tertiary/aromatic N) is 3. The summed E-state index contributed by atoms with van der Waals surface area (Å²) in [5.74, 6) is 2.63. The number of benzene rings is 1. The van der Waals surface area contributed by atoms with Crippen molar-refractivity contribution in [1.29, 1.82) is 0 Å².